The summed E-state index contributed by atoms with van der Waals surface area (Å²) < 4.78 is 5.40. The molecule has 0 amide bonds. The number of likely N-dealkylation sites (N-methyl/N-ethyl adjacent to an activating group) is 1. The zero-order valence-electron chi connectivity index (χ0n) is 13.8. The van der Waals surface area contributed by atoms with Crippen LogP contribution in [0.25, 0.3) is 0 Å². The molecule has 1 aromatic heterocycles. The van der Waals surface area contributed by atoms with Crippen molar-refractivity contribution in [1.29, 1.82) is 0 Å². The Morgan fingerprint density at radius 1 is 1.05 bits per heavy atom. The molecular formula is C15H29N5O. The molecule has 1 aromatic rings. The summed E-state index contributed by atoms with van der Waals surface area (Å²) in [4.78, 5) is 11.3. The number of rotatable bonds is 11. The zero-order chi connectivity index (χ0) is 15.5. The Morgan fingerprint density at radius 2 is 1.71 bits per heavy atom. The molecule has 0 atom stereocenters. The molecule has 0 saturated carbocycles. The van der Waals surface area contributed by atoms with Gasteiger partial charge in [-0.1, -0.05) is 13.8 Å². The van der Waals surface area contributed by atoms with Gasteiger partial charge in [-0.15, -0.1) is 0 Å². The van der Waals surface area contributed by atoms with Gasteiger partial charge in [-0.25, -0.2) is 9.97 Å². The largest absolute Gasteiger partial charge is 0.374 e. The van der Waals surface area contributed by atoms with E-state index in [1.54, 1.807) is 0 Å². The summed E-state index contributed by atoms with van der Waals surface area (Å²) in [6.45, 7) is 14.3. The number of hydrogen-bond acceptors (Lipinski definition) is 6. The van der Waals surface area contributed by atoms with E-state index in [0.717, 1.165) is 44.4 Å². The van der Waals surface area contributed by atoms with Crippen LogP contribution in [0.3, 0.4) is 0 Å². The van der Waals surface area contributed by atoms with Crippen LogP contribution in [0.15, 0.2) is 6.07 Å². The third-order valence-corrected chi connectivity index (χ3v) is 3.19. The summed E-state index contributed by atoms with van der Waals surface area (Å²) in [5, 5.41) is 6.60. The van der Waals surface area contributed by atoms with Gasteiger partial charge < -0.3 is 20.3 Å². The number of aromatic nitrogens is 2. The van der Waals surface area contributed by atoms with E-state index in [1.165, 1.54) is 0 Å². The third-order valence-electron chi connectivity index (χ3n) is 3.19. The monoisotopic (exact) mass is 295 g/mol. The van der Waals surface area contributed by atoms with Crippen LogP contribution in [0.2, 0.25) is 0 Å². The van der Waals surface area contributed by atoms with Crippen molar-refractivity contribution >= 4 is 11.6 Å². The topological polar surface area (TPSA) is 62.3 Å². The summed E-state index contributed by atoms with van der Waals surface area (Å²) in [6.07, 6.45) is 0. The molecule has 6 nitrogen and oxygen atoms in total. The molecule has 1 rings (SSSR count). The van der Waals surface area contributed by atoms with Crippen LogP contribution in [0.1, 0.15) is 33.5 Å². The molecule has 0 aliphatic heterocycles. The van der Waals surface area contributed by atoms with Crippen LogP contribution in [0, 0.1) is 0 Å². The minimum atomic E-state index is 0.445. The number of nitrogens with one attached hydrogen (secondary N) is 2. The fourth-order valence-electron chi connectivity index (χ4n) is 2.00. The van der Waals surface area contributed by atoms with E-state index >= 15 is 0 Å². The number of anilines is 2. The molecule has 0 aliphatic carbocycles. The highest BCUT2D eigenvalue weighted by atomic mass is 16.5. The summed E-state index contributed by atoms with van der Waals surface area (Å²) in [5.74, 6) is 2.40. The lowest BCUT2D eigenvalue weighted by molar-refractivity contribution is 0.128. The molecule has 0 bridgehead atoms. The van der Waals surface area contributed by atoms with Crippen LogP contribution in [-0.4, -0.2) is 54.2 Å². The maximum absolute atomic E-state index is 5.40. The van der Waals surface area contributed by atoms with Gasteiger partial charge in [-0.05, 0) is 26.9 Å². The minimum absolute atomic E-state index is 0.445. The Morgan fingerprint density at radius 3 is 2.29 bits per heavy atom. The molecule has 0 aromatic carbocycles. The first kappa shape index (κ1) is 17.7. The molecule has 1 heterocycles. The number of nitrogens with zero attached hydrogens (tertiary/aromatic N) is 3. The second kappa shape index (κ2) is 10.3. The van der Waals surface area contributed by atoms with Gasteiger partial charge in [0.15, 0.2) is 5.82 Å². The van der Waals surface area contributed by atoms with Crippen molar-refractivity contribution in [2.24, 2.45) is 0 Å². The van der Waals surface area contributed by atoms with E-state index in [4.69, 9.17) is 4.74 Å². The first-order valence-electron chi connectivity index (χ1n) is 7.89. The normalized spacial score (nSPS) is 10.9. The van der Waals surface area contributed by atoms with Crippen molar-refractivity contribution in [1.82, 2.24) is 14.9 Å². The van der Waals surface area contributed by atoms with Gasteiger partial charge >= 0.3 is 0 Å². The van der Waals surface area contributed by atoms with Crippen LogP contribution in [-0.2, 0) is 11.3 Å². The molecule has 0 saturated heterocycles. The van der Waals surface area contributed by atoms with E-state index in [0.29, 0.717) is 19.0 Å². The third kappa shape index (κ3) is 6.73. The van der Waals surface area contributed by atoms with E-state index in [-0.39, 0.29) is 0 Å². The van der Waals surface area contributed by atoms with E-state index in [9.17, 15) is 0 Å². The Kier molecular flexibility index (Phi) is 8.69. The van der Waals surface area contributed by atoms with Crippen LogP contribution >= 0.6 is 0 Å². The second-order valence-electron chi connectivity index (χ2n) is 4.68. The first-order chi connectivity index (χ1) is 10.2. The van der Waals surface area contributed by atoms with Gasteiger partial charge in [0.1, 0.15) is 18.2 Å². The molecule has 0 fully saturated rings. The predicted molar refractivity (Wildman–Crippen MR) is 87.8 cm³/mol. The Balaban J connectivity index is 2.63. The van der Waals surface area contributed by atoms with Gasteiger partial charge in [0, 0.05) is 32.3 Å². The summed E-state index contributed by atoms with van der Waals surface area (Å²) in [7, 11) is 0. The molecule has 21 heavy (non-hydrogen) atoms. The van der Waals surface area contributed by atoms with Gasteiger partial charge in [0.05, 0.1) is 0 Å². The molecule has 0 aliphatic rings. The van der Waals surface area contributed by atoms with Gasteiger partial charge in [-0.3, -0.25) is 0 Å². The molecule has 0 radical (unpaired) electrons. The van der Waals surface area contributed by atoms with Crippen LogP contribution < -0.4 is 10.6 Å². The smallest absolute Gasteiger partial charge is 0.158 e. The maximum Gasteiger partial charge on any atom is 0.158 e. The highest BCUT2D eigenvalue weighted by molar-refractivity contribution is 5.47. The SMILES string of the molecule is CCNc1cc(NCCN(CC)CC)nc(COCC)n1. The molecular weight excluding hydrogens is 266 g/mol. The van der Waals surface area contributed by atoms with E-state index in [2.05, 4.69) is 46.3 Å². The van der Waals surface area contributed by atoms with Crippen LogP contribution in [0.5, 0.6) is 0 Å². The summed E-state index contributed by atoms with van der Waals surface area (Å²) in [5.41, 5.74) is 0. The predicted octanol–water partition coefficient (Wildman–Crippen LogP) is 2.20. The zero-order valence-corrected chi connectivity index (χ0v) is 13.8. The Hall–Kier alpha value is -1.40. The van der Waals surface area contributed by atoms with Crippen molar-refractivity contribution in [3.63, 3.8) is 0 Å². The van der Waals surface area contributed by atoms with Gasteiger partial charge in [-0.2, -0.15) is 0 Å². The number of ether oxygens (including phenoxy) is 1. The molecule has 0 spiro atoms. The highest BCUT2D eigenvalue weighted by Gasteiger charge is 2.05. The van der Waals surface area contributed by atoms with Crippen LogP contribution in [0.4, 0.5) is 11.6 Å². The van der Waals surface area contributed by atoms with Crippen molar-refractivity contribution in [2.45, 2.75) is 34.3 Å². The van der Waals surface area contributed by atoms with Crippen molar-refractivity contribution < 1.29 is 4.74 Å². The second-order valence-corrected chi connectivity index (χ2v) is 4.68. The quantitative estimate of drug-likeness (QED) is 0.652. The van der Waals surface area contributed by atoms with Gasteiger partial charge in [0.25, 0.3) is 0 Å². The minimum Gasteiger partial charge on any atom is -0.374 e. The number of hydrogen-bond donors (Lipinski definition) is 2. The first-order valence-corrected chi connectivity index (χ1v) is 7.89. The van der Waals surface area contributed by atoms with Crippen molar-refractivity contribution in [3.8, 4) is 0 Å². The standard InChI is InChI=1S/C15H29N5O/c1-5-16-13-11-14(17-9-10-20(6-2)7-3)19-15(18-13)12-21-8-4/h11H,5-10,12H2,1-4H3,(H2,16,17,18,19). The van der Waals surface area contributed by atoms with E-state index < -0.39 is 0 Å². The molecule has 6 heteroatoms. The molecule has 120 valence electrons. The Bertz CT molecular complexity index is 396. The van der Waals surface area contributed by atoms with Crippen molar-refractivity contribution in [3.05, 3.63) is 11.9 Å². The Labute approximate surface area is 128 Å². The molecule has 0 unspecified atom stereocenters. The highest BCUT2D eigenvalue weighted by Crippen LogP contribution is 2.12. The van der Waals surface area contributed by atoms with E-state index in [1.807, 2.05) is 13.0 Å². The maximum atomic E-state index is 5.40. The average Bonchev–Trinajstić information content (AvgIpc) is 2.50. The summed E-state index contributed by atoms with van der Waals surface area (Å²) in [6, 6.07) is 1.95. The molecule has 2 N–H and O–H groups in total. The summed E-state index contributed by atoms with van der Waals surface area (Å²) >= 11 is 0. The lowest BCUT2D eigenvalue weighted by Gasteiger charge is -2.18. The lowest BCUT2D eigenvalue weighted by atomic mass is 10.4. The van der Waals surface area contributed by atoms with Gasteiger partial charge in [0.2, 0.25) is 0 Å². The fourth-order valence-corrected chi connectivity index (χ4v) is 2.00. The lowest BCUT2D eigenvalue weighted by Crippen LogP contribution is -2.28. The average molecular weight is 295 g/mol. The van der Waals surface area contributed by atoms with Crippen molar-refractivity contribution in [2.75, 3.05) is 50.0 Å². The fraction of sp³-hybridized carbons (Fsp3) is 0.733.